The Kier molecular flexibility index (Phi) is 5.08. The number of carbonyl (C=O) groups excluding carboxylic acids is 1. The zero-order valence-corrected chi connectivity index (χ0v) is 12.2. The molecule has 0 saturated heterocycles. The number of amides is 2. The van der Waals surface area contributed by atoms with Crippen LogP contribution in [0, 0.1) is 0 Å². The van der Waals surface area contributed by atoms with Gasteiger partial charge in [0.1, 0.15) is 0 Å². The van der Waals surface area contributed by atoms with Gasteiger partial charge in [-0.2, -0.15) is 13.2 Å². The number of urea groups is 1. The SMILES string of the molecule is O=C(Nc1ccccc1C(F)(F)F)NC(C(=O)O)c1ccccc1. The van der Waals surface area contributed by atoms with E-state index in [-0.39, 0.29) is 0 Å². The molecule has 0 spiro atoms. The molecule has 1 unspecified atom stereocenters. The number of anilines is 1. The molecular formula is C16H13F3N2O3. The molecule has 2 rings (SSSR count). The van der Waals surface area contributed by atoms with E-state index in [0.29, 0.717) is 5.56 Å². The van der Waals surface area contributed by atoms with E-state index in [1.54, 1.807) is 18.2 Å². The van der Waals surface area contributed by atoms with Crippen molar-refractivity contribution in [3.05, 3.63) is 65.7 Å². The van der Waals surface area contributed by atoms with Crippen molar-refractivity contribution < 1.29 is 27.9 Å². The monoisotopic (exact) mass is 338 g/mol. The highest BCUT2D eigenvalue weighted by Crippen LogP contribution is 2.34. The van der Waals surface area contributed by atoms with Crippen molar-refractivity contribution in [2.75, 3.05) is 5.32 Å². The van der Waals surface area contributed by atoms with Crippen LogP contribution < -0.4 is 10.6 Å². The summed E-state index contributed by atoms with van der Waals surface area (Å²) in [6, 6.07) is 9.81. The number of alkyl halides is 3. The summed E-state index contributed by atoms with van der Waals surface area (Å²) >= 11 is 0. The van der Waals surface area contributed by atoms with Crippen LogP contribution in [-0.4, -0.2) is 17.1 Å². The number of aliphatic carboxylic acids is 1. The maximum Gasteiger partial charge on any atom is 0.418 e. The number of para-hydroxylation sites is 1. The van der Waals surface area contributed by atoms with Crippen LogP contribution >= 0.6 is 0 Å². The van der Waals surface area contributed by atoms with Gasteiger partial charge in [0.2, 0.25) is 0 Å². The van der Waals surface area contributed by atoms with Crippen molar-refractivity contribution in [1.82, 2.24) is 5.32 Å². The first-order valence-corrected chi connectivity index (χ1v) is 6.80. The molecule has 5 nitrogen and oxygen atoms in total. The lowest BCUT2D eigenvalue weighted by Gasteiger charge is -2.17. The summed E-state index contributed by atoms with van der Waals surface area (Å²) in [7, 11) is 0. The largest absolute Gasteiger partial charge is 0.479 e. The molecule has 0 heterocycles. The Hall–Kier alpha value is -3.03. The van der Waals surface area contributed by atoms with Crippen molar-refractivity contribution in [3.63, 3.8) is 0 Å². The molecule has 3 N–H and O–H groups in total. The molecule has 0 aliphatic heterocycles. The predicted octanol–water partition coefficient (Wildman–Crippen LogP) is 3.65. The van der Waals surface area contributed by atoms with E-state index in [1.165, 1.54) is 24.3 Å². The molecule has 126 valence electrons. The molecule has 2 aromatic carbocycles. The van der Waals surface area contributed by atoms with Gasteiger partial charge in [0.05, 0.1) is 11.3 Å². The maximum absolute atomic E-state index is 12.9. The normalized spacial score (nSPS) is 12.3. The van der Waals surface area contributed by atoms with Crippen LogP contribution in [0.3, 0.4) is 0 Å². The molecule has 0 aliphatic rings. The third kappa shape index (κ3) is 4.25. The summed E-state index contributed by atoms with van der Waals surface area (Å²) < 4.78 is 38.7. The Morgan fingerprint density at radius 2 is 1.54 bits per heavy atom. The number of carboxylic acid groups (broad SMARTS) is 1. The number of hydrogen-bond acceptors (Lipinski definition) is 2. The van der Waals surface area contributed by atoms with E-state index >= 15 is 0 Å². The Bertz CT molecular complexity index is 733. The molecule has 0 radical (unpaired) electrons. The van der Waals surface area contributed by atoms with E-state index < -0.39 is 35.5 Å². The number of nitrogens with one attached hydrogen (secondary N) is 2. The lowest BCUT2D eigenvalue weighted by Crippen LogP contribution is -2.37. The van der Waals surface area contributed by atoms with Crippen LogP contribution in [0.4, 0.5) is 23.7 Å². The summed E-state index contributed by atoms with van der Waals surface area (Å²) in [6.45, 7) is 0. The highest BCUT2D eigenvalue weighted by molar-refractivity contribution is 5.93. The van der Waals surface area contributed by atoms with E-state index in [4.69, 9.17) is 0 Å². The molecule has 0 fully saturated rings. The van der Waals surface area contributed by atoms with Crippen LogP contribution in [0.5, 0.6) is 0 Å². The molecule has 24 heavy (non-hydrogen) atoms. The number of benzene rings is 2. The van der Waals surface area contributed by atoms with Crippen LogP contribution in [0.15, 0.2) is 54.6 Å². The predicted molar refractivity (Wildman–Crippen MR) is 80.4 cm³/mol. The second-order valence-corrected chi connectivity index (χ2v) is 4.82. The van der Waals surface area contributed by atoms with Crippen molar-refractivity contribution in [3.8, 4) is 0 Å². The van der Waals surface area contributed by atoms with Crippen LogP contribution in [0.1, 0.15) is 17.2 Å². The second kappa shape index (κ2) is 7.03. The number of carbonyl (C=O) groups is 2. The summed E-state index contributed by atoms with van der Waals surface area (Å²) in [5, 5.41) is 13.4. The highest BCUT2D eigenvalue weighted by Gasteiger charge is 2.33. The van der Waals surface area contributed by atoms with Gasteiger partial charge in [-0.05, 0) is 17.7 Å². The van der Waals surface area contributed by atoms with Gasteiger partial charge in [0.25, 0.3) is 0 Å². The first-order valence-electron chi connectivity index (χ1n) is 6.80. The molecule has 2 aromatic rings. The second-order valence-electron chi connectivity index (χ2n) is 4.82. The van der Waals surface area contributed by atoms with Gasteiger partial charge in [0.15, 0.2) is 6.04 Å². The summed E-state index contributed by atoms with van der Waals surface area (Å²) in [5.74, 6) is -1.33. The quantitative estimate of drug-likeness (QED) is 0.796. The van der Waals surface area contributed by atoms with Crippen LogP contribution in [0.2, 0.25) is 0 Å². The minimum absolute atomic E-state index is 0.296. The minimum Gasteiger partial charge on any atom is -0.479 e. The Balaban J connectivity index is 2.17. The van der Waals surface area contributed by atoms with Gasteiger partial charge in [0, 0.05) is 0 Å². The van der Waals surface area contributed by atoms with Gasteiger partial charge in [-0.25, -0.2) is 9.59 Å². The topological polar surface area (TPSA) is 78.4 Å². The number of hydrogen-bond donors (Lipinski definition) is 3. The van der Waals surface area contributed by atoms with Crippen molar-refractivity contribution in [2.24, 2.45) is 0 Å². The first kappa shape index (κ1) is 17.3. The van der Waals surface area contributed by atoms with Crippen molar-refractivity contribution in [1.29, 1.82) is 0 Å². The van der Waals surface area contributed by atoms with Crippen LogP contribution in [0.25, 0.3) is 0 Å². The van der Waals surface area contributed by atoms with E-state index in [0.717, 1.165) is 12.1 Å². The molecular weight excluding hydrogens is 325 g/mol. The van der Waals surface area contributed by atoms with Gasteiger partial charge < -0.3 is 15.7 Å². The van der Waals surface area contributed by atoms with Crippen LogP contribution in [-0.2, 0) is 11.0 Å². The molecule has 2 amide bonds. The van der Waals surface area contributed by atoms with E-state index in [9.17, 15) is 27.9 Å². The van der Waals surface area contributed by atoms with Gasteiger partial charge >= 0.3 is 18.2 Å². The standard InChI is InChI=1S/C16H13F3N2O3/c17-16(18,19)11-8-4-5-9-12(11)20-15(24)21-13(14(22)23)10-6-2-1-3-7-10/h1-9,13H,(H,22,23)(H2,20,21,24). The molecule has 0 bridgehead atoms. The number of halogens is 3. The molecule has 1 atom stereocenters. The van der Waals surface area contributed by atoms with Gasteiger partial charge in [-0.15, -0.1) is 0 Å². The Morgan fingerprint density at radius 1 is 0.958 bits per heavy atom. The average Bonchev–Trinajstić information content (AvgIpc) is 2.52. The van der Waals surface area contributed by atoms with E-state index in [2.05, 4.69) is 5.32 Å². The Morgan fingerprint density at radius 3 is 2.12 bits per heavy atom. The van der Waals surface area contributed by atoms with Crippen molar-refractivity contribution in [2.45, 2.75) is 12.2 Å². The third-order valence-electron chi connectivity index (χ3n) is 3.14. The third-order valence-corrected chi connectivity index (χ3v) is 3.14. The zero-order chi connectivity index (χ0) is 17.7. The average molecular weight is 338 g/mol. The highest BCUT2D eigenvalue weighted by atomic mass is 19.4. The van der Waals surface area contributed by atoms with E-state index in [1.807, 2.05) is 5.32 Å². The molecule has 0 saturated carbocycles. The lowest BCUT2D eigenvalue weighted by atomic mass is 10.1. The number of rotatable bonds is 4. The molecule has 0 aromatic heterocycles. The fourth-order valence-corrected chi connectivity index (χ4v) is 2.06. The lowest BCUT2D eigenvalue weighted by molar-refractivity contribution is -0.139. The smallest absolute Gasteiger partial charge is 0.418 e. The van der Waals surface area contributed by atoms with Gasteiger partial charge in [-0.3, -0.25) is 0 Å². The van der Waals surface area contributed by atoms with Crippen molar-refractivity contribution >= 4 is 17.7 Å². The summed E-state index contributed by atoms with van der Waals surface area (Å²) in [6.07, 6.45) is -4.64. The molecule has 0 aliphatic carbocycles. The zero-order valence-electron chi connectivity index (χ0n) is 12.2. The minimum atomic E-state index is -4.64. The summed E-state index contributed by atoms with van der Waals surface area (Å²) in [5.41, 5.74) is -1.18. The maximum atomic E-state index is 12.9. The summed E-state index contributed by atoms with van der Waals surface area (Å²) in [4.78, 5) is 23.2. The molecule has 8 heteroatoms. The first-order chi connectivity index (χ1) is 11.3. The Labute approximate surface area is 135 Å². The number of carboxylic acids is 1. The van der Waals surface area contributed by atoms with Gasteiger partial charge in [-0.1, -0.05) is 42.5 Å². The fourth-order valence-electron chi connectivity index (χ4n) is 2.06. The fraction of sp³-hybridized carbons (Fsp3) is 0.125.